The van der Waals surface area contributed by atoms with E-state index in [1.807, 2.05) is 6.92 Å². The lowest BCUT2D eigenvalue weighted by Crippen LogP contribution is -2.42. The van der Waals surface area contributed by atoms with E-state index in [9.17, 15) is 14.4 Å². The maximum Gasteiger partial charge on any atom is 0.328 e. The molecule has 0 aliphatic rings. The fourth-order valence-electron chi connectivity index (χ4n) is 3.94. The number of ether oxygens (including phenoxy) is 3. The standard InChI is InChI=1S/C27H36N2O6/c1-8-19-11-12-21(20(9-2)15-19)16(4)22(10-3)35-27(32)17(5)29-26(31)24-25(34-18(6)30)23(33-7)13-14-28-24/h11-17,22H,8-10H2,1-7H3,(H,29,31)/t16-,17-,22-/m0/s1. The average molecular weight is 485 g/mol. The molecule has 1 aromatic carbocycles. The van der Waals surface area contributed by atoms with Gasteiger partial charge in [0, 0.05) is 25.1 Å². The van der Waals surface area contributed by atoms with Gasteiger partial charge in [0.25, 0.3) is 5.91 Å². The van der Waals surface area contributed by atoms with Crippen LogP contribution in [0.2, 0.25) is 0 Å². The van der Waals surface area contributed by atoms with Crippen molar-refractivity contribution in [3.8, 4) is 11.5 Å². The number of aromatic nitrogens is 1. The summed E-state index contributed by atoms with van der Waals surface area (Å²) in [5.74, 6) is -1.81. The Morgan fingerprint density at radius 2 is 1.77 bits per heavy atom. The molecule has 1 N–H and O–H groups in total. The fourth-order valence-corrected chi connectivity index (χ4v) is 3.94. The lowest BCUT2D eigenvalue weighted by Gasteiger charge is -2.27. The largest absolute Gasteiger partial charge is 0.493 e. The number of carbonyl (C=O) groups excluding carboxylic acids is 3. The van der Waals surface area contributed by atoms with Crippen LogP contribution in [-0.4, -0.2) is 42.1 Å². The Hall–Kier alpha value is -3.42. The van der Waals surface area contributed by atoms with E-state index >= 15 is 0 Å². The highest BCUT2D eigenvalue weighted by atomic mass is 16.6. The van der Waals surface area contributed by atoms with Crippen LogP contribution in [0.25, 0.3) is 0 Å². The molecule has 35 heavy (non-hydrogen) atoms. The maximum atomic E-state index is 12.9. The van der Waals surface area contributed by atoms with E-state index in [0.29, 0.717) is 6.42 Å². The predicted molar refractivity (Wildman–Crippen MR) is 133 cm³/mol. The third kappa shape index (κ3) is 7.04. The van der Waals surface area contributed by atoms with E-state index in [1.165, 1.54) is 44.3 Å². The molecule has 190 valence electrons. The summed E-state index contributed by atoms with van der Waals surface area (Å²) in [6.45, 7) is 11.0. The van der Waals surface area contributed by atoms with E-state index in [1.54, 1.807) is 0 Å². The Balaban J connectivity index is 2.15. The molecule has 0 fully saturated rings. The molecule has 8 nitrogen and oxygen atoms in total. The van der Waals surface area contributed by atoms with Gasteiger partial charge in [0.1, 0.15) is 12.1 Å². The second-order valence-corrected chi connectivity index (χ2v) is 8.39. The van der Waals surface area contributed by atoms with Crippen LogP contribution in [0.3, 0.4) is 0 Å². The lowest BCUT2D eigenvalue weighted by atomic mass is 9.87. The molecule has 2 rings (SSSR count). The van der Waals surface area contributed by atoms with Crippen molar-refractivity contribution in [3.63, 3.8) is 0 Å². The molecule has 0 bridgehead atoms. The van der Waals surface area contributed by atoms with Gasteiger partial charge in [-0.05, 0) is 42.9 Å². The zero-order valence-electron chi connectivity index (χ0n) is 21.6. The van der Waals surface area contributed by atoms with Crippen molar-refractivity contribution in [1.82, 2.24) is 10.3 Å². The number of hydrogen-bond acceptors (Lipinski definition) is 7. The fraction of sp³-hybridized carbons (Fsp3) is 0.481. The van der Waals surface area contributed by atoms with Crippen LogP contribution in [0.5, 0.6) is 11.5 Å². The number of rotatable bonds is 11. The number of amides is 1. The van der Waals surface area contributed by atoms with Gasteiger partial charge in [-0.15, -0.1) is 0 Å². The van der Waals surface area contributed by atoms with Crippen molar-refractivity contribution in [2.45, 2.75) is 78.9 Å². The highest BCUT2D eigenvalue weighted by Gasteiger charge is 2.28. The summed E-state index contributed by atoms with van der Waals surface area (Å²) in [6, 6.07) is 6.97. The van der Waals surface area contributed by atoms with Crippen LogP contribution in [0.1, 0.15) is 81.1 Å². The molecule has 1 aromatic heterocycles. The van der Waals surface area contributed by atoms with Gasteiger partial charge in [-0.2, -0.15) is 0 Å². The summed E-state index contributed by atoms with van der Waals surface area (Å²) in [5.41, 5.74) is 3.52. The molecule has 0 aliphatic carbocycles. The molecule has 0 aliphatic heterocycles. The third-order valence-electron chi connectivity index (χ3n) is 5.97. The predicted octanol–water partition coefficient (Wildman–Crippen LogP) is 4.38. The molecule has 0 saturated carbocycles. The van der Waals surface area contributed by atoms with Crippen molar-refractivity contribution < 1.29 is 28.6 Å². The van der Waals surface area contributed by atoms with Crippen molar-refractivity contribution in [3.05, 3.63) is 52.8 Å². The van der Waals surface area contributed by atoms with Gasteiger partial charge in [-0.3, -0.25) is 9.59 Å². The highest BCUT2D eigenvalue weighted by Crippen LogP contribution is 2.30. The Labute approximate surface area is 207 Å². The van der Waals surface area contributed by atoms with Gasteiger partial charge in [-0.1, -0.05) is 45.9 Å². The van der Waals surface area contributed by atoms with E-state index in [2.05, 4.69) is 49.3 Å². The van der Waals surface area contributed by atoms with Crippen molar-refractivity contribution in [2.24, 2.45) is 0 Å². The number of hydrogen-bond donors (Lipinski definition) is 1. The molecule has 0 unspecified atom stereocenters. The van der Waals surface area contributed by atoms with Gasteiger partial charge >= 0.3 is 11.9 Å². The van der Waals surface area contributed by atoms with Crippen LogP contribution in [-0.2, 0) is 27.2 Å². The van der Waals surface area contributed by atoms with Gasteiger partial charge in [0.2, 0.25) is 5.75 Å². The summed E-state index contributed by atoms with van der Waals surface area (Å²) in [7, 11) is 1.38. The van der Waals surface area contributed by atoms with Crippen LogP contribution in [0.4, 0.5) is 0 Å². The molecular weight excluding hydrogens is 448 g/mol. The number of aryl methyl sites for hydroxylation is 2. The van der Waals surface area contributed by atoms with Crippen molar-refractivity contribution in [1.29, 1.82) is 0 Å². The van der Waals surface area contributed by atoms with Gasteiger partial charge < -0.3 is 19.5 Å². The highest BCUT2D eigenvalue weighted by molar-refractivity contribution is 5.98. The molecule has 0 radical (unpaired) electrons. The molecule has 1 heterocycles. The van der Waals surface area contributed by atoms with E-state index in [4.69, 9.17) is 14.2 Å². The number of nitrogens with zero attached hydrogens (tertiary/aromatic N) is 1. The first-order chi connectivity index (χ1) is 16.7. The Kier molecular flexibility index (Phi) is 10.2. The van der Waals surface area contributed by atoms with E-state index in [-0.39, 0.29) is 29.2 Å². The van der Waals surface area contributed by atoms with E-state index < -0.39 is 23.9 Å². The Bertz CT molecular complexity index is 1050. The zero-order valence-corrected chi connectivity index (χ0v) is 21.6. The van der Waals surface area contributed by atoms with Crippen molar-refractivity contribution >= 4 is 17.8 Å². The minimum atomic E-state index is -0.949. The molecule has 8 heteroatoms. The summed E-state index contributed by atoms with van der Waals surface area (Å²) >= 11 is 0. The van der Waals surface area contributed by atoms with Crippen LogP contribution in [0, 0.1) is 0 Å². The first-order valence-corrected chi connectivity index (χ1v) is 12.0. The normalized spacial score (nSPS) is 13.3. The SMILES string of the molecule is CCc1ccc([C@H](C)[C@H](CC)OC(=O)[C@H](C)NC(=O)c2nccc(OC)c2OC(C)=O)c(CC)c1. The molecule has 2 aromatic rings. The van der Waals surface area contributed by atoms with Gasteiger partial charge in [0.05, 0.1) is 7.11 Å². The number of esters is 2. The maximum absolute atomic E-state index is 12.9. The quantitative estimate of drug-likeness (QED) is 0.472. The van der Waals surface area contributed by atoms with Crippen LogP contribution >= 0.6 is 0 Å². The van der Waals surface area contributed by atoms with Crippen molar-refractivity contribution in [2.75, 3.05) is 7.11 Å². The number of methoxy groups -OCH3 is 1. The number of benzene rings is 1. The summed E-state index contributed by atoms with van der Waals surface area (Å²) in [6.07, 6.45) is 3.48. The molecular formula is C27H36N2O6. The summed E-state index contributed by atoms with van der Waals surface area (Å²) in [4.78, 5) is 41.2. The lowest BCUT2D eigenvalue weighted by molar-refractivity contribution is -0.152. The monoisotopic (exact) mass is 484 g/mol. The number of nitrogens with one attached hydrogen (secondary N) is 1. The topological polar surface area (TPSA) is 104 Å². The minimum Gasteiger partial charge on any atom is -0.493 e. The number of carbonyl (C=O) groups is 3. The summed E-state index contributed by atoms with van der Waals surface area (Å²) < 4.78 is 16.1. The third-order valence-corrected chi connectivity index (χ3v) is 5.97. The smallest absolute Gasteiger partial charge is 0.328 e. The molecule has 0 spiro atoms. The van der Waals surface area contributed by atoms with Crippen LogP contribution < -0.4 is 14.8 Å². The van der Waals surface area contributed by atoms with Gasteiger partial charge in [0.15, 0.2) is 11.4 Å². The second-order valence-electron chi connectivity index (χ2n) is 8.39. The summed E-state index contributed by atoms with van der Waals surface area (Å²) in [5, 5.41) is 2.58. The Morgan fingerprint density at radius 1 is 1.06 bits per heavy atom. The second kappa shape index (κ2) is 12.9. The van der Waals surface area contributed by atoms with Crippen LogP contribution in [0.15, 0.2) is 30.5 Å². The molecule has 3 atom stereocenters. The molecule has 0 saturated heterocycles. The van der Waals surface area contributed by atoms with E-state index in [0.717, 1.165) is 18.4 Å². The first-order valence-electron chi connectivity index (χ1n) is 12.0. The first kappa shape index (κ1) is 27.8. The minimum absolute atomic E-state index is 0.0108. The number of pyridine rings is 1. The zero-order chi connectivity index (χ0) is 26.1. The van der Waals surface area contributed by atoms with Gasteiger partial charge in [-0.25, -0.2) is 9.78 Å². The Morgan fingerprint density at radius 3 is 2.34 bits per heavy atom. The average Bonchev–Trinajstić information content (AvgIpc) is 2.85. The molecule has 1 amide bonds.